The Kier molecular flexibility index (Phi) is 6.39. The van der Waals surface area contributed by atoms with Crippen LogP contribution in [0.1, 0.15) is 19.4 Å². The molecule has 1 aromatic carbocycles. The molecule has 0 aliphatic heterocycles. The molecule has 0 unspecified atom stereocenters. The van der Waals surface area contributed by atoms with E-state index in [1.165, 1.54) is 0 Å². The fourth-order valence-electron chi connectivity index (χ4n) is 1.62. The topological polar surface area (TPSA) is 52.6 Å². The van der Waals surface area contributed by atoms with Gasteiger partial charge >= 0.3 is 0 Å². The van der Waals surface area contributed by atoms with Crippen LogP contribution in [0.2, 0.25) is 0 Å². The quantitative estimate of drug-likeness (QED) is 0.759. The van der Waals surface area contributed by atoms with E-state index in [-0.39, 0.29) is 18.6 Å². The monoisotopic (exact) mass is 250 g/mol. The Morgan fingerprint density at radius 3 is 2.56 bits per heavy atom. The number of nitrogens with one attached hydrogen (secondary N) is 1. The third-order valence-electron chi connectivity index (χ3n) is 2.60. The third-order valence-corrected chi connectivity index (χ3v) is 2.60. The van der Waals surface area contributed by atoms with Crippen molar-refractivity contribution in [3.05, 3.63) is 35.9 Å². The molecule has 0 bridgehead atoms. The lowest BCUT2D eigenvalue weighted by Gasteiger charge is -2.22. The van der Waals surface area contributed by atoms with Crippen molar-refractivity contribution < 1.29 is 9.90 Å². The first kappa shape index (κ1) is 14.7. The molecule has 0 radical (unpaired) electrons. The fourth-order valence-corrected chi connectivity index (χ4v) is 1.62. The Hall–Kier alpha value is -1.39. The average Bonchev–Trinajstić information content (AvgIpc) is 2.36. The Morgan fingerprint density at radius 1 is 1.33 bits per heavy atom. The summed E-state index contributed by atoms with van der Waals surface area (Å²) < 4.78 is 0. The van der Waals surface area contributed by atoms with Crippen LogP contribution in [0.15, 0.2) is 30.3 Å². The van der Waals surface area contributed by atoms with Gasteiger partial charge in [0.25, 0.3) is 0 Å². The average molecular weight is 250 g/mol. The van der Waals surface area contributed by atoms with Crippen LogP contribution in [0.5, 0.6) is 0 Å². The number of nitrogens with zero attached hydrogens (tertiary/aromatic N) is 1. The molecule has 100 valence electrons. The Balaban J connectivity index is 2.56. The largest absolute Gasteiger partial charge is 0.395 e. The van der Waals surface area contributed by atoms with Crippen LogP contribution in [0.3, 0.4) is 0 Å². The summed E-state index contributed by atoms with van der Waals surface area (Å²) in [6.45, 7) is 5.21. The van der Waals surface area contributed by atoms with Gasteiger partial charge in [-0.3, -0.25) is 4.79 Å². The zero-order valence-electron chi connectivity index (χ0n) is 11.1. The van der Waals surface area contributed by atoms with Crippen molar-refractivity contribution >= 4 is 5.91 Å². The van der Waals surface area contributed by atoms with Gasteiger partial charge in [0.05, 0.1) is 13.2 Å². The predicted octanol–water partition coefficient (Wildman–Crippen LogP) is 1.01. The molecular formula is C14H22N2O2. The first-order valence-electron chi connectivity index (χ1n) is 6.29. The number of benzene rings is 1. The SMILES string of the molecule is CC(C)NCC(=O)N(CCO)Cc1ccccc1. The maximum absolute atomic E-state index is 12.0. The van der Waals surface area contributed by atoms with Gasteiger partial charge < -0.3 is 15.3 Å². The van der Waals surface area contributed by atoms with Crippen molar-refractivity contribution in [3.8, 4) is 0 Å². The highest BCUT2D eigenvalue weighted by Gasteiger charge is 2.13. The lowest BCUT2D eigenvalue weighted by molar-refractivity contribution is -0.131. The molecule has 0 atom stereocenters. The smallest absolute Gasteiger partial charge is 0.236 e. The van der Waals surface area contributed by atoms with Gasteiger partial charge in [-0.15, -0.1) is 0 Å². The Morgan fingerprint density at radius 2 is 2.00 bits per heavy atom. The van der Waals surface area contributed by atoms with E-state index in [4.69, 9.17) is 5.11 Å². The molecule has 0 saturated heterocycles. The van der Waals surface area contributed by atoms with Crippen LogP contribution in [-0.2, 0) is 11.3 Å². The zero-order chi connectivity index (χ0) is 13.4. The number of aliphatic hydroxyl groups is 1. The zero-order valence-corrected chi connectivity index (χ0v) is 11.1. The highest BCUT2D eigenvalue weighted by molar-refractivity contribution is 5.78. The van der Waals surface area contributed by atoms with Gasteiger partial charge in [-0.05, 0) is 5.56 Å². The number of carbonyl (C=O) groups excluding carboxylic acids is 1. The first-order valence-corrected chi connectivity index (χ1v) is 6.29. The number of aliphatic hydroxyl groups excluding tert-OH is 1. The Bertz CT molecular complexity index is 352. The highest BCUT2D eigenvalue weighted by Crippen LogP contribution is 2.04. The molecule has 2 N–H and O–H groups in total. The van der Waals surface area contributed by atoms with Crippen LogP contribution in [0.4, 0.5) is 0 Å². The number of amides is 1. The molecule has 0 spiro atoms. The van der Waals surface area contributed by atoms with Gasteiger partial charge in [-0.1, -0.05) is 44.2 Å². The number of hydrogen-bond donors (Lipinski definition) is 2. The van der Waals surface area contributed by atoms with Crippen molar-refractivity contribution in [2.45, 2.75) is 26.4 Å². The number of rotatable bonds is 7. The van der Waals surface area contributed by atoms with Crippen molar-refractivity contribution in [1.29, 1.82) is 0 Å². The molecule has 0 aliphatic rings. The molecule has 0 fully saturated rings. The van der Waals surface area contributed by atoms with Gasteiger partial charge in [0.15, 0.2) is 0 Å². The summed E-state index contributed by atoms with van der Waals surface area (Å²) in [6, 6.07) is 10.1. The van der Waals surface area contributed by atoms with E-state index >= 15 is 0 Å². The molecule has 4 heteroatoms. The second-order valence-corrected chi connectivity index (χ2v) is 4.56. The van der Waals surface area contributed by atoms with Crippen molar-refractivity contribution in [2.24, 2.45) is 0 Å². The number of carbonyl (C=O) groups is 1. The van der Waals surface area contributed by atoms with Gasteiger partial charge in [0.1, 0.15) is 0 Å². The summed E-state index contributed by atoms with van der Waals surface area (Å²) >= 11 is 0. The summed E-state index contributed by atoms with van der Waals surface area (Å²) in [7, 11) is 0. The molecular weight excluding hydrogens is 228 g/mol. The maximum Gasteiger partial charge on any atom is 0.236 e. The van der Waals surface area contributed by atoms with Crippen LogP contribution in [0.25, 0.3) is 0 Å². The summed E-state index contributed by atoms with van der Waals surface area (Å²) in [5, 5.41) is 12.1. The normalized spacial score (nSPS) is 10.7. The van der Waals surface area contributed by atoms with E-state index in [1.54, 1.807) is 4.90 Å². The van der Waals surface area contributed by atoms with Crippen molar-refractivity contribution in [1.82, 2.24) is 10.2 Å². The standard InChI is InChI=1S/C14H22N2O2/c1-12(2)15-10-14(18)16(8-9-17)11-13-6-4-3-5-7-13/h3-7,12,15,17H,8-11H2,1-2H3. The van der Waals surface area contributed by atoms with Gasteiger partial charge in [-0.2, -0.15) is 0 Å². The molecule has 0 aromatic heterocycles. The van der Waals surface area contributed by atoms with E-state index < -0.39 is 0 Å². The molecule has 4 nitrogen and oxygen atoms in total. The fraction of sp³-hybridized carbons (Fsp3) is 0.500. The minimum absolute atomic E-state index is 0.0136. The lowest BCUT2D eigenvalue weighted by atomic mass is 10.2. The van der Waals surface area contributed by atoms with Crippen LogP contribution in [-0.4, -0.2) is 41.7 Å². The van der Waals surface area contributed by atoms with E-state index in [0.29, 0.717) is 19.6 Å². The van der Waals surface area contributed by atoms with Crippen LogP contribution in [0, 0.1) is 0 Å². The van der Waals surface area contributed by atoms with Gasteiger partial charge in [-0.25, -0.2) is 0 Å². The second-order valence-electron chi connectivity index (χ2n) is 4.56. The maximum atomic E-state index is 12.0. The third kappa shape index (κ3) is 5.29. The van der Waals surface area contributed by atoms with Crippen molar-refractivity contribution in [3.63, 3.8) is 0 Å². The molecule has 0 saturated carbocycles. The molecule has 1 amide bonds. The van der Waals surface area contributed by atoms with E-state index in [0.717, 1.165) is 5.56 Å². The summed E-state index contributed by atoms with van der Waals surface area (Å²) in [6.07, 6.45) is 0. The summed E-state index contributed by atoms with van der Waals surface area (Å²) in [5.41, 5.74) is 1.07. The first-order chi connectivity index (χ1) is 8.63. The molecule has 1 rings (SSSR count). The highest BCUT2D eigenvalue weighted by atomic mass is 16.3. The van der Waals surface area contributed by atoms with Crippen molar-refractivity contribution in [2.75, 3.05) is 19.7 Å². The molecule has 1 aromatic rings. The predicted molar refractivity (Wildman–Crippen MR) is 72.1 cm³/mol. The molecule has 0 aliphatic carbocycles. The van der Waals surface area contributed by atoms with Crippen LogP contribution >= 0.6 is 0 Å². The lowest BCUT2D eigenvalue weighted by Crippen LogP contribution is -2.41. The molecule has 18 heavy (non-hydrogen) atoms. The van der Waals surface area contributed by atoms with E-state index in [9.17, 15) is 4.79 Å². The minimum Gasteiger partial charge on any atom is -0.395 e. The Labute approximate surface area is 109 Å². The summed E-state index contributed by atoms with van der Waals surface area (Å²) in [4.78, 5) is 13.7. The van der Waals surface area contributed by atoms with E-state index in [1.807, 2.05) is 44.2 Å². The van der Waals surface area contributed by atoms with Crippen LogP contribution < -0.4 is 5.32 Å². The number of hydrogen-bond acceptors (Lipinski definition) is 3. The van der Waals surface area contributed by atoms with E-state index in [2.05, 4.69) is 5.32 Å². The van der Waals surface area contributed by atoms with Gasteiger partial charge in [0, 0.05) is 19.1 Å². The summed E-state index contributed by atoms with van der Waals surface area (Å²) in [5.74, 6) is 0.0154. The second kappa shape index (κ2) is 7.84. The molecule has 0 heterocycles. The minimum atomic E-state index is -0.0136. The van der Waals surface area contributed by atoms with Gasteiger partial charge in [0.2, 0.25) is 5.91 Å².